The van der Waals surface area contributed by atoms with Crippen molar-refractivity contribution in [3.05, 3.63) is 18.3 Å². The first-order valence-corrected chi connectivity index (χ1v) is 4.84. The van der Waals surface area contributed by atoms with Crippen molar-refractivity contribution in [2.75, 3.05) is 30.3 Å². The molecular weight excluding hydrogens is 178 g/mol. The van der Waals surface area contributed by atoms with E-state index in [1.165, 1.54) is 0 Å². The molecule has 0 spiro atoms. The molecule has 0 radical (unpaired) electrons. The van der Waals surface area contributed by atoms with Crippen LogP contribution in [0.15, 0.2) is 18.3 Å². The van der Waals surface area contributed by atoms with Gasteiger partial charge in [-0.2, -0.15) is 0 Å². The summed E-state index contributed by atoms with van der Waals surface area (Å²) in [6, 6.07) is 3.91. The zero-order valence-corrected chi connectivity index (χ0v) is 8.31. The Hall–Kier alpha value is -1.29. The highest BCUT2D eigenvalue weighted by Gasteiger charge is 2.18. The quantitative estimate of drug-likeness (QED) is 0.719. The molecule has 0 aromatic carbocycles. The average Bonchev–Trinajstić information content (AvgIpc) is 2.18. The molecule has 4 heteroatoms. The fourth-order valence-electron chi connectivity index (χ4n) is 1.71. The summed E-state index contributed by atoms with van der Waals surface area (Å²) in [6.45, 7) is 4.60. The van der Waals surface area contributed by atoms with Gasteiger partial charge in [-0.05, 0) is 19.1 Å². The Kier molecular flexibility index (Phi) is 2.54. The molecule has 2 rings (SSSR count). The summed E-state index contributed by atoms with van der Waals surface area (Å²) in [7, 11) is 0. The highest BCUT2D eigenvalue weighted by molar-refractivity contribution is 5.63. The van der Waals surface area contributed by atoms with Gasteiger partial charge in [0.2, 0.25) is 0 Å². The number of ether oxygens (including phenoxy) is 1. The zero-order valence-electron chi connectivity index (χ0n) is 8.31. The zero-order chi connectivity index (χ0) is 9.97. The summed E-state index contributed by atoms with van der Waals surface area (Å²) in [6.07, 6.45) is 1.98. The second kappa shape index (κ2) is 3.84. The van der Waals surface area contributed by atoms with Gasteiger partial charge >= 0.3 is 0 Å². The van der Waals surface area contributed by atoms with Gasteiger partial charge < -0.3 is 15.4 Å². The largest absolute Gasteiger partial charge is 0.382 e. The molecule has 1 unspecified atom stereocenters. The third-order valence-electron chi connectivity index (χ3n) is 2.40. The highest BCUT2D eigenvalue weighted by Crippen LogP contribution is 2.22. The Balaban J connectivity index is 2.18. The van der Waals surface area contributed by atoms with Gasteiger partial charge in [0, 0.05) is 19.3 Å². The standard InChI is InChI=1S/C10H15N3O/c1-8-7-13(5-6-14-8)9-3-2-4-12-10(9)11/h2-4,8H,5-7H2,1H3,(H2,11,12). The Morgan fingerprint density at radius 2 is 2.50 bits per heavy atom. The first kappa shape index (κ1) is 9.27. The van der Waals surface area contributed by atoms with Crippen LogP contribution in [0.1, 0.15) is 6.92 Å². The first-order valence-electron chi connectivity index (χ1n) is 4.84. The van der Waals surface area contributed by atoms with Crippen LogP contribution in [-0.2, 0) is 4.74 Å². The number of aromatic nitrogens is 1. The molecule has 0 saturated carbocycles. The molecule has 1 fully saturated rings. The molecule has 4 nitrogen and oxygen atoms in total. The van der Waals surface area contributed by atoms with E-state index in [-0.39, 0.29) is 6.10 Å². The molecule has 76 valence electrons. The van der Waals surface area contributed by atoms with E-state index in [0.29, 0.717) is 5.82 Å². The van der Waals surface area contributed by atoms with Gasteiger partial charge in [0.05, 0.1) is 18.4 Å². The van der Waals surface area contributed by atoms with Gasteiger partial charge in [-0.25, -0.2) is 4.98 Å². The highest BCUT2D eigenvalue weighted by atomic mass is 16.5. The summed E-state index contributed by atoms with van der Waals surface area (Å²) >= 11 is 0. The Bertz CT molecular complexity index is 316. The van der Waals surface area contributed by atoms with Crippen molar-refractivity contribution < 1.29 is 4.74 Å². The summed E-state index contributed by atoms with van der Waals surface area (Å²) in [5, 5.41) is 0. The maximum atomic E-state index is 5.80. The Morgan fingerprint density at radius 1 is 1.64 bits per heavy atom. The predicted molar refractivity (Wildman–Crippen MR) is 56.3 cm³/mol. The van der Waals surface area contributed by atoms with Gasteiger partial charge in [0.1, 0.15) is 5.82 Å². The lowest BCUT2D eigenvalue weighted by Crippen LogP contribution is -2.41. The molecule has 1 aliphatic heterocycles. The molecule has 0 amide bonds. The van der Waals surface area contributed by atoms with Crippen LogP contribution in [0.4, 0.5) is 11.5 Å². The van der Waals surface area contributed by atoms with Crippen LogP contribution in [-0.4, -0.2) is 30.8 Å². The minimum Gasteiger partial charge on any atom is -0.382 e. The molecule has 1 aliphatic rings. The van der Waals surface area contributed by atoms with Crippen LogP contribution in [0.3, 0.4) is 0 Å². The lowest BCUT2D eigenvalue weighted by molar-refractivity contribution is 0.0532. The van der Waals surface area contributed by atoms with Crippen molar-refractivity contribution in [1.29, 1.82) is 0 Å². The third kappa shape index (κ3) is 1.80. The minimum atomic E-state index is 0.267. The normalized spacial score (nSPS) is 22.4. The molecule has 0 bridgehead atoms. The second-order valence-electron chi connectivity index (χ2n) is 3.54. The molecule has 2 heterocycles. The monoisotopic (exact) mass is 193 g/mol. The number of morpholine rings is 1. The minimum absolute atomic E-state index is 0.267. The van der Waals surface area contributed by atoms with Crippen molar-refractivity contribution in [2.24, 2.45) is 0 Å². The smallest absolute Gasteiger partial charge is 0.146 e. The van der Waals surface area contributed by atoms with E-state index < -0.39 is 0 Å². The van der Waals surface area contributed by atoms with E-state index in [2.05, 4.69) is 16.8 Å². The molecule has 1 aromatic heterocycles. The third-order valence-corrected chi connectivity index (χ3v) is 2.40. The van der Waals surface area contributed by atoms with Gasteiger partial charge in [0.15, 0.2) is 0 Å². The summed E-state index contributed by atoms with van der Waals surface area (Å²) in [5.41, 5.74) is 6.82. The summed E-state index contributed by atoms with van der Waals surface area (Å²) < 4.78 is 5.47. The fraction of sp³-hybridized carbons (Fsp3) is 0.500. The van der Waals surface area contributed by atoms with Crippen molar-refractivity contribution in [3.8, 4) is 0 Å². The van der Waals surface area contributed by atoms with Crippen LogP contribution in [0.25, 0.3) is 0 Å². The van der Waals surface area contributed by atoms with Crippen LogP contribution < -0.4 is 10.6 Å². The van der Waals surface area contributed by atoms with Gasteiger partial charge in [-0.15, -0.1) is 0 Å². The van der Waals surface area contributed by atoms with E-state index in [1.807, 2.05) is 12.1 Å². The number of rotatable bonds is 1. The fourth-order valence-corrected chi connectivity index (χ4v) is 1.71. The lowest BCUT2D eigenvalue weighted by atomic mass is 10.2. The average molecular weight is 193 g/mol. The van der Waals surface area contributed by atoms with Crippen LogP contribution in [0, 0.1) is 0 Å². The van der Waals surface area contributed by atoms with Crippen LogP contribution in [0.2, 0.25) is 0 Å². The second-order valence-corrected chi connectivity index (χ2v) is 3.54. The first-order chi connectivity index (χ1) is 6.77. The van der Waals surface area contributed by atoms with Crippen LogP contribution in [0.5, 0.6) is 0 Å². The van der Waals surface area contributed by atoms with E-state index in [0.717, 1.165) is 25.4 Å². The number of hydrogen-bond donors (Lipinski definition) is 1. The molecular formula is C10H15N3O. The molecule has 1 aromatic rings. The van der Waals surface area contributed by atoms with Crippen molar-refractivity contribution in [3.63, 3.8) is 0 Å². The number of hydrogen-bond acceptors (Lipinski definition) is 4. The SMILES string of the molecule is CC1CN(c2cccnc2N)CCO1. The molecule has 1 saturated heterocycles. The predicted octanol–water partition coefficient (Wildman–Crippen LogP) is 0.889. The molecule has 0 aliphatic carbocycles. The van der Waals surface area contributed by atoms with E-state index in [1.54, 1.807) is 6.20 Å². The topological polar surface area (TPSA) is 51.4 Å². The number of nitrogens with two attached hydrogens (primary N) is 1. The van der Waals surface area contributed by atoms with Gasteiger partial charge in [-0.3, -0.25) is 0 Å². The van der Waals surface area contributed by atoms with Crippen LogP contribution >= 0.6 is 0 Å². The molecule has 1 atom stereocenters. The number of nitrogen functional groups attached to an aromatic ring is 1. The summed E-state index contributed by atoms with van der Waals surface area (Å²) in [5.74, 6) is 0.599. The van der Waals surface area contributed by atoms with Crippen molar-refractivity contribution in [2.45, 2.75) is 13.0 Å². The number of pyridine rings is 1. The lowest BCUT2D eigenvalue weighted by Gasteiger charge is -2.33. The van der Waals surface area contributed by atoms with Crippen molar-refractivity contribution in [1.82, 2.24) is 4.98 Å². The van der Waals surface area contributed by atoms with E-state index in [9.17, 15) is 0 Å². The molecule has 2 N–H and O–H groups in total. The van der Waals surface area contributed by atoms with E-state index in [4.69, 9.17) is 10.5 Å². The molecule has 14 heavy (non-hydrogen) atoms. The number of nitrogens with zero attached hydrogens (tertiary/aromatic N) is 2. The maximum Gasteiger partial charge on any atom is 0.146 e. The number of anilines is 2. The Morgan fingerprint density at radius 3 is 3.21 bits per heavy atom. The van der Waals surface area contributed by atoms with Crippen molar-refractivity contribution >= 4 is 11.5 Å². The maximum absolute atomic E-state index is 5.80. The van der Waals surface area contributed by atoms with Gasteiger partial charge in [-0.1, -0.05) is 0 Å². The van der Waals surface area contributed by atoms with Gasteiger partial charge in [0.25, 0.3) is 0 Å². The Labute approximate surface area is 83.7 Å². The van der Waals surface area contributed by atoms with E-state index >= 15 is 0 Å². The summed E-state index contributed by atoms with van der Waals surface area (Å²) in [4.78, 5) is 6.29.